The molecule has 2 N–H and O–H groups in total. The van der Waals surface area contributed by atoms with Crippen LogP contribution in [0.3, 0.4) is 0 Å². The molecule has 1 aromatic carbocycles. The second-order valence-electron chi connectivity index (χ2n) is 6.82. The molecule has 1 aliphatic rings. The fourth-order valence-electron chi connectivity index (χ4n) is 2.97. The third-order valence-electron chi connectivity index (χ3n) is 4.57. The van der Waals surface area contributed by atoms with Crippen LogP contribution in [-0.4, -0.2) is 20.9 Å². The normalized spacial score (nSPS) is 15.9. The molecule has 0 unspecified atom stereocenters. The Hall–Kier alpha value is -1.70. The van der Waals surface area contributed by atoms with Crippen LogP contribution < -0.4 is 10.0 Å². The predicted octanol–water partition coefficient (Wildman–Crippen LogP) is 3.20. The molecule has 0 radical (unpaired) electrons. The van der Waals surface area contributed by atoms with Gasteiger partial charge in [-0.25, -0.2) is 13.1 Å². The van der Waals surface area contributed by atoms with Crippen molar-refractivity contribution in [3.63, 3.8) is 0 Å². The maximum absolute atomic E-state index is 12.6. The van der Waals surface area contributed by atoms with Gasteiger partial charge in [-0.15, -0.1) is 11.3 Å². The first kappa shape index (κ1) is 18.1. The molecule has 0 fully saturated rings. The Kier molecular flexibility index (Phi) is 4.74. The highest BCUT2D eigenvalue weighted by molar-refractivity contribution is 7.89. The summed E-state index contributed by atoms with van der Waals surface area (Å²) in [6, 6.07) is 7.27. The van der Waals surface area contributed by atoms with Crippen molar-refractivity contribution in [2.24, 2.45) is 0 Å². The van der Waals surface area contributed by atoms with E-state index in [1.807, 2.05) is 18.4 Å². The summed E-state index contributed by atoms with van der Waals surface area (Å²) in [6.07, 6.45) is 1.60. The number of anilines is 1. The molecule has 1 aromatic heterocycles. The zero-order valence-corrected chi connectivity index (χ0v) is 16.2. The smallest absolute Gasteiger partial charge is 0.240 e. The van der Waals surface area contributed by atoms with Gasteiger partial charge in [0.2, 0.25) is 15.9 Å². The highest BCUT2D eigenvalue weighted by Gasteiger charge is 2.40. The zero-order chi connectivity index (χ0) is 18.2. The number of thiophene rings is 1. The Morgan fingerprint density at radius 2 is 2.04 bits per heavy atom. The highest BCUT2D eigenvalue weighted by atomic mass is 32.2. The van der Waals surface area contributed by atoms with Gasteiger partial charge in [0.25, 0.3) is 0 Å². The SMILES string of the molecule is Cc1cc(S(=O)(=O)NCCCc2cccs2)cc2c1NC(=O)C2(C)C. The molecule has 2 heterocycles. The Labute approximate surface area is 152 Å². The van der Waals surface area contributed by atoms with Gasteiger partial charge >= 0.3 is 0 Å². The Morgan fingerprint density at radius 3 is 2.72 bits per heavy atom. The average molecular weight is 379 g/mol. The number of benzene rings is 1. The van der Waals surface area contributed by atoms with Crippen LogP contribution in [-0.2, 0) is 26.7 Å². The van der Waals surface area contributed by atoms with Gasteiger partial charge < -0.3 is 5.32 Å². The highest BCUT2D eigenvalue weighted by Crippen LogP contribution is 2.40. The molecule has 3 rings (SSSR count). The minimum Gasteiger partial charge on any atom is -0.325 e. The third kappa shape index (κ3) is 3.49. The van der Waals surface area contributed by atoms with Crippen LogP contribution in [0.2, 0.25) is 0 Å². The molecular formula is C18H22N2O3S2. The fourth-order valence-corrected chi connectivity index (χ4v) is 4.90. The lowest BCUT2D eigenvalue weighted by molar-refractivity contribution is -0.119. The van der Waals surface area contributed by atoms with Crippen LogP contribution in [0.25, 0.3) is 0 Å². The first-order valence-corrected chi connectivity index (χ1v) is 10.6. The molecule has 2 aromatic rings. The van der Waals surface area contributed by atoms with Crippen molar-refractivity contribution in [1.82, 2.24) is 4.72 Å². The summed E-state index contributed by atoms with van der Waals surface area (Å²) in [4.78, 5) is 13.6. The van der Waals surface area contributed by atoms with Gasteiger partial charge in [-0.3, -0.25) is 4.79 Å². The number of rotatable bonds is 6. The summed E-state index contributed by atoms with van der Waals surface area (Å²) in [5, 5.41) is 4.87. The van der Waals surface area contributed by atoms with E-state index < -0.39 is 15.4 Å². The minimum atomic E-state index is -3.60. The molecular weight excluding hydrogens is 356 g/mol. The van der Waals surface area contributed by atoms with Gasteiger partial charge in [0.1, 0.15) is 0 Å². The molecule has 0 atom stereocenters. The number of hydrogen-bond acceptors (Lipinski definition) is 4. The van der Waals surface area contributed by atoms with Crippen molar-refractivity contribution in [1.29, 1.82) is 0 Å². The van der Waals surface area contributed by atoms with E-state index in [0.29, 0.717) is 6.54 Å². The molecule has 0 bridgehead atoms. The number of carbonyl (C=O) groups is 1. The fraction of sp³-hybridized carbons (Fsp3) is 0.389. The van der Waals surface area contributed by atoms with Crippen molar-refractivity contribution in [3.8, 4) is 0 Å². The summed E-state index contributed by atoms with van der Waals surface area (Å²) in [5.74, 6) is -0.107. The molecule has 0 spiro atoms. The van der Waals surface area contributed by atoms with Gasteiger partial charge in [0, 0.05) is 17.1 Å². The summed E-state index contributed by atoms with van der Waals surface area (Å²) in [5.41, 5.74) is 1.49. The van der Waals surface area contributed by atoms with Crippen LogP contribution in [0.5, 0.6) is 0 Å². The molecule has 25 heavy (non-hydrogen) atoms. The van der Waals surface area contributed by atoms with Crippen molar-refractivity contribution in [2.75, 3.05) is 11.9 Å². The number of amides is 1. The van der Waals surface area contributed by atoms with Gasteiger partial charge in [-0.05, 0) is 68.3 Å². The lowest BCUT2D eigenvalue weighted by Crippen LogP contribution is -2.28. The van der Waals surface area contributed by atoms with Gasteiger partial charge in [0.15, 0.2) is 0 Å². The van der Waals surface area contributed by atoms with Crippen LogP contribution in [0.4, 0.5) is 5.69 Å². The lowest BCUT2D eigenvalue weighted by Gasteiger charge is -2.17. The lowest BCUT2D eigenvalue weighted by atomic mass is 9.85. The largest absolute Gasteiger partial charge is 0.325 e. The first-order valence-electron chi connectivity index (χ1n) is 8.20. The van der Waals surface area contributed by atoms with Crippen LogP contribution >= 0.6 is 11.3 Å². The van der Waals surface area contributed by atoms with Crippen LogP contribution in [0.15, 0.2) is 34.5 Å². The molecule has 134 valence electrons. The van der Waals surface area contributed by atoms with E-state index >= 15 is 0 Å². The molecule has 0 saturated carbocycles. The summed E-state index contributed by atoms with van der Waals surface area (Å²) < 4.78 is 27.9. The van der Waals surface area contributed by atoms with Crippen molar-refractivity contribution in [3.05, 3.63) is 45.6 Å². The molecule has 0 saturated heterocycles. The van der Waals surface area contributed by atoms with E-state index in [1.165, 1.54) is 4.88 Å². The molecule has 1 aliphatic heterocycles. The van der Waals surface area contributed by atoms with E-state index in [9.17, 15) is 13.2 Å². The van der Waals surface area contributed by atoms with E-state index in [0.717, 1.165) is 29.7 Å². The number of fused-ring (bicyclic) bond motifs is 1. The van der Waals surface area contributed by atoms with E-state index in [4.69, 9.17) is 0 Å². The minimum absolute atomic E-state index is 0.107. The maximum atomic E-state index is 12.6. The summed E-state index contributed by atoms with van der Waals surface area (Å²) in [6.45, 7) is 5.81. The van der Waals surface area contributed by atoms with Crippen molar-refractivity contribution >= 4 is 33.0 Å². The second kappa shape index (κ2) is 6.55. The van der Waals surface area contributed by atoms with Crippen molar-refractivity contribution in [2.45, 2.75) is 43.9 Å². The van der Waals surface area contributed by atoms with Gasteiger partial charge in [0.05, 0.1) is 10.3 Å². The Balaban J connectivity index is 1.76. The number of aryl methyl sites for hydroxylation is 2. The molecule has 1 amide bonds. The number of nitrogens with one attached hydrogen (secondary N) is 2. The van der Waals surface area contributed by atoms with Crippen LogP contribution in [0.1, 0.15) is 36.3 Å². The molecule has 7 heteroatoms. The van der Waals surface area contributed by atoms with E-state index in [-0.39, 0.29) is 10.8 Å². The Morgan fingerprint density at radius 1 is 1.28 bits per heavy atom. The quantitative estimate of drug-likeness (QED) is 0.758. The average Bonchev–Trinajstić information content (AvgIpc) is 3.13. The first-order chi connectivity index (χ1) is 11.7. The zero-order valence-electron chi connectivity index (χ0n) is 14.5. The van der Waals surface area contributed by atoms with Crippen molar-refractivity contribution < 1.29 is 13.2 Å². The molecule has 0 aliphatic carbocycles. The topological polar surface area (TPSA) is 75.3 Å². The summed E-state index contributed by atoms with van der Waals surface area (Å²) >= 11 is 1.68. The second-order valence-corrected chi connectivity index (χ2v) is 9.62. The van der Waals surface area contributed by atoms with Gasteiger partial charge in [-0.1, -0.05) is 6.07 Å². The standard InChI is InChI=1S/C18H22N2O3S2/c1-12-10-14(11-15-16(12)20-17(21)18(15,2)3)25(22,23)19-8-4-6-13-7-5-9-24-13/h5,7,9-11,19H,4,6,8H2,1-3H3,(H,20,21). The Bertz CT molecular complexity index is 901. The molecule has 5 nitrogen and oxygen atoms in total. The summed E-state index contributed by atoms with van der Waals surface area (Å²) in [7, 11) is -3.60. The third-order valence-corrected chi connectivity index (χ3v) is 6.95. The predicted molar refractivity (Wildman–Crippen MR) is 101 cm³/mol. The van der Waals surface area contributed by atoms with E-state index in [1.54, 1.807) is 37.3 Å². The monoisotopic (exact) mass is 378 g/mol. The maximum Gasteiger partial charge on any atom is 0.240 e. The van der Waals surface area contributed by atoms with Crippen LogP contribution in [0, 0.1) is 6.92 Å². The number of carbonyl (C=O) groups excluding carboxylic acids is 1. The number of hydrogen-bond donors (Lipinski definition) is 2. The van der Waals surface area contributed by atoms with E-state index in [2.05, 4.69) is 16.1 Å². The van der Waals surface area contributed by atoms with Gasteiger partial charge in [-0.2, -0.15) is 0 Å². The number of sulfonamides is 1.